The molecule has 2 aromatic rings. The van der Waals surface area contributed by atoms with Gasteiger partial charge in [-0.2, -0.15) is 0 Å². The topological polar surface area (TPSA) is 46.6 Å². The molecule has 4 nitrogen and oxygen atoms in total. The maximum absolute atomic E-state index is 11.5. The standard InChI is InChI=1S/C18H23NO3S/c1-15(16-9-11-18(12-10-16)23(3,20)21)19(2)13-14-22-17-7-5-4-6-8-17/h4-12,15H,13-14H2,1-3H3. The van der Waals surface area contributed by atoms with E-state index in [0.29, 0.717) is 11.5 Å². The van der Waals surface area contributed by atoms with E-state index in [1.807, 2.05) is 49.5 Å². The number of ether oxygens (including phenoxy) is 1. The summed E-state index contributed by atoms with van der Waals surface area (Å²) in [4.78, 5) is 2.53. The van der Waals surface area contributed by atoms with E-state index >= 15 is 0 Å². The third-order valence-electron chi connectivity index (χ3n) is 3.91. The summed E-state index contributed by atoms with van der Waals surface area (Å²) in [6, 6.07) is 17.0. The van der Waals surface area contributed by atoms with Gasteiger partial charge in [0.1, 0.15) is 12.4 Å². The van der Waals surface area contributed by atoms with Crippen LogP contribution in [0, 0.1) is 0 Å². The number of likely N-dealkylation sites (N-methyl/N-ethyl adjacent to an activating group) is 1. The van der Waals surface area contributed by atoms with E-state index in [2.05, 4.69) is 11.8 Å². The van der Waals surface area contributed by atoms with Gasteiger partial charge in [0.25, 0.3) is 0 Å². The molecule has 1 unspecified atom stereocenters. The fraction of sp³-hybridized carbons (Fsp3) is 0.333. The minimum absolute atomic E-state index is 0.183. The Kier molecular flexibility index (Phi) is 5.80. The number of sulfone groups is 1. The molecule has 0 radical (unpaired) electrons. The molecular formula is C18H23NO3S. The molecule has 124 valence electrons. The van der Waals surface area contributed by atoms with Crippen LogP contribution in [-0.2, 0) is 9.84 Å². The molecule has 5 heteroatoms. The number of para-hydroxylation sites is 1. The average molecular weight is 333 g/mol. The van der Waals surface area contributed by atoms with E-state index in [9.17, 15) is 8.42 Å². The predicted molar refractivity (Wildman–Crippen MR) is 92.5 cm³/mol. The van der Waals surface area contributed by atoms with Crippen LogP contribution in [-0.4, -0.2) is 39.8 Å². The summed E-state index contributed by atoms with van der Waals surface area (Å²) in [6.45, 7) is 3.48. The first-order valence-electron chi connectivity index (χ1n) is 7.56. The Morgan fingerprint density at radius 1 is 1.04 bits per heavy atom. The monoisotopic (exact) mass is 333 g/mol. The van der Waals surface area contributed by atoms with Crippen LogP contribution in [0.2, 0.25) is 0 Å². The van der Waals surface area contributed by atoms with Crippen molar-refractivity contribution in [2.75, 3.05) is 26.5 Å². The smallest absolute Gasteiger partial charge is 0.175 e. The summed E-state index contributed by atoms with van der Waals surface area (Å²) in [5.41, 5.74) is 1.08. The van der Waals surface area contributed by atoms with Crippen molar-refractivity contribution in [3.05, 3.63) is 60.2 Å². The van der Waals surface area contributed by atoms with Crippen LogP contribution in [0.3, 0.4) is 0 Å². The molecule has 0 fully saturated rings. The maximum Gasteiger partial charge on any atom is 0.175 e. The van der Waals surface area contributed by atoms with E-state index in [4.69, 9.17) is 4.74 Å². The highest BCUT2D eigenvalue weighted by atomic mass is 32.2. The van der Waals surface area contributed by atoms with Gasteiger partial charge in [0.2, 0.25) is 0 Å². The van der Waals surface area contributed by atoms with Crippen LogP contribution < -0.4 is 4.74 Å². The van der Waals surface area contributed by atoms with Gasteiger partial charge in [0, 0.05) is 18.8 Å². The number of hydrogen-bond donors (Lipinski definition) is 0. The van der Waals surface area contributed by atoms with E-state index in [1.165, 1.54) is 6.26 Å². The second kappa shape index (κ2) is 7.62. The molecule has 0 heterocycles. The third-order valence-corrected chi connectivity index (χ3v) is 5.04. The summed E-state index contributed by atoms with van der Waals surface area (Å²) in [5.74, 6) is 0.867. The van der Waals surface area contributed by atoms with Crippen molar-refractivity contribution < 1.29 is 13.2 Å². The van der Waals surface area contributed by atoms with Crippen molar-refractivity contribution in [2.24, 2.45) is 0 Å². The Balaban J connectivity index is 1.90. The van der Waals surface area contributed by atoms with Crippen molar-refractivity contribution in [3.63, 3.8) is 0 Å². The zero-order chi connectivity index (χ0) is 16.9. The fourth-order valence-corrected chi connectivity index (χ4v) is 2.90. The summed E-state index contributed by atoms with van der Waals surface area (Å²) < 4.78 is 28.7. The van der Waals surface area contributed by atoms with Gasteiger partial charge in [-0.3, -0.25) is 4.90 Å². The summed E-state index contributed by atoms with van der Waals surface area (Å²) >= 11 is 0. The molecule has 1 atom stereocenters. The van der Waals surface area contributed by atoms with Gasteiger partial charge in [-0.25, -0.2) is 8.42 Å². The van der Waals surface area contributed by atoms with E-state index < -0.39 is 9.84 Å². The number of benzene rings is 2. The molecule has 0 spiro atoms. The highest BCUT2D eigenvalue weighted by Crippen LogP contribution is 2.20. The minimum Gasteiger partial charge on any atom is -0.492 e. The van der Waals surface area contributed by atoms with Crippen molar-refractivity contribution in [1.29, 1.82) is 0 Å². The molecule has 0 aliphatic rings. The highest BCUT2D eigenvalue weighted by molar-refractivity contribution is 7.90. The fourth-order valence-electron chi connectivity index (χ4n) is 2.27. The largest absolute Gasteiger partial charge is 0.492 e. The van der Waals surface area contributed by atoms with Gasteiger partial charge in [-0.1, -0.05) is 30.3 Å². The highest BCUT2D eigenvalue weighted by Gasteiger charge is 2.13. The Bertz CT molecular complexity index is 712. The Morgan fingerprint density at radius 3 is 2.22 bits per heavy atom. The molecule has 0 aromatic heterocycles. The van der Waals surface area contributed by atoms with Gasteiger partial charge < -0.3 is 4.74 Å². The quantitative estimate of drug-likeness (QED) is 0.781. The molecule has 0 bridgehead atoms. The lowest BCUT2D eigenvalue weighted by Crippen LogP contribution is -2.27. The van der Waals surface area contributed by atoms with E-state index in [0.717, 1.165) is 17.9 Å². The lowest BCUT2D eigenvalue weighted by atomic mass is 10.1. The maximum atomic E-state index is 11.5. The molecule has 0 aliphatic carbocycles. The number of nitrogens with zero attached hydrogens (tertiary/aromatic N) is 1. The molecule has 0 amide bonds. The summed E-state index contributed by atoms with van der Waals surface area (Å²) in [7, 11) is -1.11. The Hall–Kier alpha value is -1.85. The van der Waals surface area contributed by atoms with Crippen LogP contribution in [0.4, 0.5) is 0 Å². The van der Waals surface area contributed by atoms with E-state index in [-0.39, 0.29) is 6.04 Å². The molecule has 0 saturated carbocycles. The first-order chi connectivity index (χ1) is 10.9. The second-order valence-electron chi connectivity index (χ2n) is 5.66. The van der Waals surface area contributed by atoms with Crippen molar-refractivity contribution in [1.82, 2.24) is 4.90 Å². The van der Waals surface area contributed by atoms with Gasteiger partial charge in [0.05, 0.1) is 4.90 Å². The second-order valence-corrected chi connectivity index (χ2v) is 7.68. The lowest BCUT2D eigenvalue weighted by Gasteiger charge is -2.25. The molecule has 0 saturated heterocycles. The van der Waals surface area contributed by atoms with Crippen molar-refractivity contribution in [2.45, 2.75) is 17.9 Å². The predicted octanol–water partition coefficient (Wildman–Crippen LogP) is 3.16. The van der Waals surface area contributed by atoms with Gasteiger partial charge in [-0.05, 0) is 43.8 Å². The lowest BCUT2D eigenvalue weighted by molar-refractivity contribution is 0.201. The van der Waals surface area contributed by atoms with E-state index in [1.54, 1.807) is 12.1 Å². The Labute approximate surface area is 138 Å². The van der Waals surface area contributed by atoms with Crippen LogP contribution in [0.1, 0.15) is 18.5 Å². The van der Waals surface area contributed by atoms with Crippen LogP contribution in [0.5, 0.6) is 5.75 Å². The third kappa shape index (κ3) is 5.08. The van der Waals surface area contributed by atoms with Crippen molar-refractivity contribution >= 4 is 9.84 Å². The molecule has 23 heavy (non-hydrogen) atoms. The first kappa shape index (κ1) is 17.5. The zero-order valence-corrected chi connectivity index (χ0v) is 14.6. The molecule has 0 aliphatic heterocycles. The molecular weight excluding hydrogens is 310 g/mol. The van der Waals surface area contributed by atoms with Crippen LogP contribution >= 0.6 is 0 Å². The Morgan fingerprint density at radius 2 is 1.65 bits per heavy atom. The molecule has 2 rings (SSSR count). The summed E-state index contributed by atoms with van der Waals surface area (Å²) in [5, 5.41) is 0. The zero-order valence-electron chi connectivity index (χ0n) is 13.8. The molecule has 0 N–H and O–H groups in total. The normalized spacial score (nSPS) is 13.0. The van der Waals surface area contributed by atoms with Crippen LogP contribution in [0.15, 0.2) is 59.5 Å². The average Bonchev–Trinajstić information content (AvgIpc) is 2.54. The van der Waals surface area contributed by atoms with Gasteiger partial charge >= 0.3 is 0 Å². The minimum atomic E-state index is -3.14. The first-order valence-corrected chi connectivity index (χ1v) is 9.45. The summed E-state index contributed by atoms with van der Waals surface area (Å²) in [6.07, 6.45) is 1.22. The molecule has 2 aromatic carbocycles. The van der Waals surface area contributed by atoms with Gasteiger partial charge in [-0.15, -0.1) is 0 Å². The number of hydrogen-bond acceptors (Lipinski definition) is 4. The van der Waals surface area contributed by atoms with Crippen LogP contribution in [0.25, 0.3) is 0 Å². The number of rotatable bonds is 7. The van der Waals surface area contributed by atoms with Gasteiger partial charge in [0.15, 0.2) is 9.84 Å². The van der Waals surface area contributed by atoms with Crippen molar-refractivity contribution in [3.8, 4) is 5.75 Å². The SMILES string of the molecule is CC(c1ccc(S(C)(=O)=O)cc1)N(C)CCOc1ccccc1.